The lowest BCUT2D eigenvalue weighted by molar-refractivity contribution is 0.306. The maximum Gasteiger partial charge on any atom is 0.122 e. The van der Waals surface area contributed by atoms with Crippen LogP contribution in [-0.4, -0.2) is 9.78 Å². The lowest BCUT2D eigenvalue weighted by Gasteiger charge is -2.08. The molecule has 3 heteroatoms. The third-order valence-electron chi connectivity index (χ3n) is 2.76. The van der Waals surface area contributed by atoms with Crippen LogP contribution in [0.25, 0.3) is 5.69 Å². The van der Waals surface area contributed by atoms with E-state index in [1.54, 1.807) is 10.9 Å². The second kappa shape index (κ2) is 5.40. The molecular weight excluding hydrogens is 236 g/mol. The largest absolute Gasteiger partial charge is 0.489 e. The van der Waals surface area contributed by atoms with Gasteiger partial charge in [-0.05, 0) is 23.8 Å². The number of benzene rings is 2. The number of ether oxygens (including phenoxy) is 1. The monoisotopic (exact) mass is 249 g/mol. The smallest absolute Gasteiger partial charge is 0.122 e. The number of hydrogen-bond acceptors (Lipinski definition) is 2. The van der Waals surface area contributed by atoms with Gasteiger partial charge in [-0.25, -0.2) is 4.68 Å². The SMILES string of the molecule is [c]1ccc(OCc2ccccc2)cc1-n1cccn1. The fraction of sp³-hybridized carbons (Fsp3) is 0.0625. The minimum Gasteiger partial charge on any atom is -0.489 e. The Hall–Kier alpha value is -2.55. The molecule has 1 heterocycles. The van der Waals surface area contributed by atoms with Crippen molar-refractivity contribution in [1.82, 2.24) is 9.78 Å². The second-order valence-electron chi connectivity index (χ2n) is 4.13. The molecule has 0 saturated heterocycles. The van der Waals surface area contributed by atoms with Crippen molar-refractivity contribution < 1.29 is 4.74 Å². The molecule has 0 amide bonds. The van der Waals surface area contributed by atoms with E-state index < -0.39 is 0 Å². The van der Waals surface area contributed by atoms with Crippen molar-refractivity contribution in [3.63, 3.8) is 0 Å². The zero-order chi connectivity index (χ0) is 12.9. The maximum atomic E-state index is 5.77. The molecule has 93 valence electrons. The average molecular weight is 249 g/mol. The maximum absolute atomic E-state index is 5.77. The Morgan fingerprint density at radius 1 is 1.11 bits per heavy atom. The van der Waals surface area contributed by atoms with E-state index in [1.165, 1.54) is 0 Å². The summed E-state index contributed by atoms with van der Waals surface area (Å²) >= 11 is 0. The van der Waals surface area contributed by atoms with Crippen LogP contribution in [0.15, 0.2) is 67.0 Å². The molecule has 0 aliphatic carbocycles. The molecule has 0 aliphatic rings. The Balaban J connectivity index is 1.74. The van der Waals surface area contributed by atoms with Gasteiger partial charge in [0.2, 0.25) is 0 Å². The molecule has 3 nitrogen and oxygen atoms in total. The summed E-state index contributed by atoms with van der Waals surface area (Å²) < 4.78 is 7.53. The molecular formula is C16H13N2O. The summed E-state index contributed by atoms with van der Waals surface area (Å²) in [6, 6.07) is 20.8. The normalized spacial score (nSPS) is 10.3. The van der Waals surface area contributed by atoms with Gasteiger partial charge >= 0.3 is 0 Å². The van der Waals surface area contributed by atoms with Crippen molar-refractivity contribution in [3.05, 3.63) is 78.6 Å². The van der Waals surface area contributed by atoms with Crippen LogP contribution < -0.4 is 4.74 Å². The number of aromatic nitrogens is 2. The lowest BCUT2D eigenvalue weighted by Crippen LogP contribution is -1.98. The minimum atomic E-state index is 0.559. The van der Waals surface area contributed by atoms with Crippen molar-refractivity contribution in [2.45, 2.75) is 6.61 Å². The van der Waals surface area contributed by atoms with Gasteiger partial charge < -0.3 is 4.74 Å². The van der Waals surface area contributed by atoms with Crippen LogP contribution in [-0.2, 0) is 6.61 Å². The van der Waals surface area contributed by atoms with Gasteiger partial charge in [-0.2, -0.15) is 5.10 Å². The second-order valence-corrected chi connectivity index (χ2v) is 4.13. The Morgan fingerprint density at radius 2 is 2.00 bits per heavy atom. The van der Waals surface area contributed by atoms with E-state index in [-0.39, 0.29) is 0 Å². The lowest BCUT2D eigenvalue weighted by atomic mass is 10.2. The summed E-state index contributed by atoms with van der Waals surface area (Å²) in [6.07, 6.45) is 3.62. The average Bonchev–Trinajstić information content (AvgIpc) is 3.01. The first-order valence-corrected chi connectivity index (χ1v) is 6.10. The highest BCUT2D eigenvalue weighted by Gasteiger charge is 2.00. The fourth-order valence-electron chi connectivity index (χ4n) is 1.81. The van der Waals surface area contributed by atoms with Crippen LogP contribution in [0.5, 0.6) is 5.75 Å². The van der Waals surface area contributed by atoms with Gasteiger partial charge in [-0.1, -0.05) is 30.3 Å². The van der Waals surface area contributed by atoms with Crippen LogP contribution >= 0.6 is 0 Å². The molecule has 19 heavy (non-hydrogen) atoms. The van der Waals surface area contributed by atoms with Crippen molar-refractivity contribution in [1.29, 1.82) is 0 Å². The van der Waals surface area contributed by atoms with Crippen LogP contribution in [0.3, 0.4) is 0 Å². The molecule has 0 fully saturated rings. The van der Waals surface area contributed by atoms with Crippen LogP contribution in [0.4, 0.5) is 0 Å². The summed E-state index contributed by atoms with van der Waals surface area (Å²) in [4.78, 5) is 0. The van der Waals surface area contributed by atoms with E-state index in [1.807, 2.05) is 60.8 Å². The molecule has 3 rings (SSSR count). The van der Waals surface area contributed by atoms with Crippen LogP contribution in [0.2, 0.25) is 0 Å². The van der Waals surface area contributed by atoms with Gasteiger partial charge in [0.1, 0.15) is 12.4 Å². The first kappa shape index (κ1) is 11.5. The predicted octanol–water partition coefficient (Wildman–Crippen LogP) is 3.25. The summed E-state index contributed by atoms with van der Waals surface area (Å²) in [6.45, 7) is 0.559. The van der Waals surface area contributed by atoms with Crippen molar-refractivity contribution in [3.8, 4) is 11.4 Å². The number of hydrogen-bond donors (Lipinski definition) is 0. The highest BCUT2D eigenvalue weighted by atomic mass is 16.5. The Kier molecular flexibility index (Phi) is 3.28. The van der Waals surface area contributed by atoms with Gasteiger partial charge in [0, 0.05) is 24.5 Å². The molecule has 3 aromatic rings. The van der Waals surface area contributed by atoms with Gasteiger partial charge in [-0.3, -0.25) is 0 Å². The first-order chi connectivity index (χ1) is 9.42. The molecule has 0 spiro atoms. The predicted molar refractivity (Wildman–Crippen MR) is 73.2 cm³/mol. The Bertz CT molecular complexity index is 633. The summed E-state index contributed by atoms with van der Waals surface area (Å²) in [7, 11) is 0. The standard InChI is InChI=1S/C16H13N2O/c1-2-6-14(7-3-1)13-19-16-9-4-8-15(12-16)18-11-5-10-17-18/h1-7,9-12H,13H2. The molecule has 1 radical (unpaired) electrons. The van der Waals surface area contributed by atoms with E-state index in [0.717, 1.165) is 17.0 Å². The fourth-order valence-corrected chi connectivity index (χ4v) is 1.81. The van der Waals surface area contributed by atoms with Crippen LogP contribution in [0, 0.1) is 6.07 Å². The molecule has 0 saturated carbocycles. The summed E-state index contributed by atoms with van der Waals surface area (Å²) in [5, 5.41) is 4.18. The van der Waals surface area contributed by atoms with Gasteiger partial charge in [0.05, 0.1) is 5.69 Å². The van der Waals surface area contributed by atoms with Crippen molar-refractivity contribution in [2.24, 2.45) is 0 Å². The summed E-state index contributed by atoms with van der Waals surface area (Å²) in [5.74, 6) is 0.813. The molecule has 1 aromatic heterocycles. The van der Waals surface area contributed by atoms with E-state index in [0.29, 0.717) is 6.61 Å². The molecule has 0 atom stereocenters. The number of nitrogens with zero attached hydrogens (tertiary/aromatic N) is 2. The third-order valence-corrected chi connectivity index (χ3v) is 2.76. The van der Waals surface area contributed by atoms with Crippen LogP contribution in [0.1, 0.15) is 5.56 Å². The minimum absolute atomic E-state index is 0.559. The molecule has 0 unspecified atom stereocenters. The van der Waals surface area contributed by atoms with Crippen molar-refractivity contribution >= 4 is 0 Å². The quantitative estimate of drug-likeness (QED) is 0.709. The first-order valence-electron chi connectivity index (χ1n) is 6.10. The third kappa shape index (κ3) is 2.83. The Labute approximate surface area is 112 Å². The van der Waals surface area contributed by atoms with Gasteiger partial charge in [0.25, 0.3) is 0 Å². The molecule has 0 aliphatic heterocycles. The number of rotatable bonds is 4. The van der Waals surface area contributed by atoms with E-state index >= 15 is 0 Å². The topological polar surface area (TPSA) is 27.1 Å². The molecule has 2 aromatic carbocycles. The van der Waals surface area contributed by atoms with E-state index in [4.69, 9.17) is 4.74 Å². The van der Waals surface area contributed by atoms with Gasteiger partial charge in [-0.15, -0.1) is 0 Å². The summed E-state index contributed by atoms with van der Waals surface area (Å²) in [5.41, 5.74) is 2.02. The highest BCUT2D eigenvalue weighted by molar-refractivity contribution is 5.37. The molecule has 0 N–H and O–H groups in total. The van der Waals surface area contributed by atoms with E-state index in [2.05, 4.69) is 11.2 Å². The van der Waals surface area contributed by atoms with E-state index in [9.17, 15) is 0 Å². The zero-order valence-corrected chi connectivity index (χ0v) is 10.4. The molecule has 0 bridgehead atoms. The zero-order valence-electron chi connectivity index (χ0n) is 10.4. The highest BCUT2D eigenvalue weighted by Crippen LogP contribution is 2.17. The van der Waals surface area contributed by atoms with Gasteiger partial charge in [0.15, 0.2) is 0 Å². The Morgan fingerprint density at radius 3 is 2.79 bits per heavy atom. The van der Waals surface area contributed by atoms with Crippen molar-refractivity contribution in [2.75, 3.05) is 0 Å².